The molecule has 0 aliphatic carbocycles. The predicted octanol–water partition coefficient (Wildman–Crippen LogP) is 1.84. The molecule has 0 radical (unpaired) electrons. The first-order chi connectivity index (χ1) is 6.33. The normalized spacial score (nSPS) is 10.8. The number of benzene rings is 1. The topological polar surface area (TPSA) is 46.2 Å². The van der Waals surface area contributed by atoms with Crippen LogP contribution in [0.1, 0.15) is 12.0 Å². The first-order valence-corrected chi connectivity index (χ1v) is 4.46. The molecule has 0 atom stereocenters. The molecule has 0 spiro atoms. The Hall–Kier alpha value is -1.28. The monoisotopic (exact) mass is 177 g/mol. The molecular weight excluding hydrogens is 162 g/mol. The van der Waals surface area contributed by atoms with Gasteiger partial charge in [-0.2, -0.15) is 0 Å². The first-order valence-electron chi connectivity index (χ1n) is 4.46. The Kier molecular flexibility index (Phi) is 4.06. The summed E-state index contributed by atoms with van der Waals surface area (Å²) in [6.45, 7) is 0.700. The molecule has 0 unspecified atom stereocenters. The van der Waals surface area contributed by atoms with Crippen molar-refractivity contribution in [2.24, 2.45) is 5.73 Å². The fourth-order valence-corrected chi connectivity index (χ4v) is 1.07. The Morgan fingerprint density at radius 3 is 2.46 bits per heavy atom. The molecule has 1 aromatic rings. The van der Waals surface area contributed by atoms with Gasteiger partial charge in [0.1, 0.15) is 5.75 Å². The molecule has 2 heteroatoms. The van der Waals surface area contributed by atoms with Gasteiger partial charge in [-0.3, -0.25) is 0 Å². The van der Waals surface area contributed by atoms with Crippen molar-refractivity contribution in [1.29, 1.82) is 0 Å². The maximum absolute atomic E-state index is 9.03. The molecule has 0 aliphatic rings. The van der Waals surface area contributed by atoms with E-state index in [1.165, 1.54) is 5.56 Å². The molecule has 0 saturated heterocycles. The summed E-state index contributed by atoms with van der Waals surface area (Å²) >= 11 is 0. The number of nitrogens with two attached hydrogens (primary N) is 1. The Balaban J connectivity index is 2.41. The van der Waals surface area contributed by atoms with E-state index < -0.39 is 0 Å². The largest absolute Gasteiger partial charge is 0.508 e. The summed E-state index contributed by atoms with van der Waals surface area (Å²) in [6, 6.07) is 7.24. The van der Waals surface area contributed by atoms with E-state index in [1.807, 2.05) is 12.1 Å². The first kappa shape index (κ1) is 9.81. The summed E-state index contributed by atoms with van der Waals surface area (Å²) in [5, 5.41) is 9.03. The van der Waals surface area contributed by atoms with Crippen LogP contribution in [0.3, 0.4) is 0 Å². The molecule has 0 fully saturated rings. The highest BCUT2D eigenvalue weighted by molar-refractivity contribution is 5.27. The van der Waals surface area contributed by atoms with Gasteiger partial charge in [-0.05, 0) is 37.1 Å². The van der Waals surface area contributed by atoms with Gasteiger partial charge in [-0.15, -0.1) is 0 Å². The summed E-state index contributed by atoms with van der Waals surface area (Å²) < 4.78 is 0. The van der Waals surface area contributed by atoms with Crippen LogP contribution in [0.25, 0.3) is 0 Å². The van der Waals surface area contributed by atoms with Gasteiger partial charge in [0.25, 0.3) is 0 Å². The Bertz CT molecular complexity index is 264. The summed E-state index contributed by atoms with van der Waals surface area (Å²) in [7, 11) is 0. The van der Waals surface area contributed by atoms with Gasteiger partial charge in [0.05, 0.1) is 0 Å². The van der Waals surface area contributed by atoms with Crippen LogP contribution in [0, 0.1) is 0 Å². The number of phenolic OH excluding ortho intramolecular Hbond substituents is 1. The number of rotatable bonds is 4. The van der Waals surface area contributed by atoms with E-state index >= 15 is 0 Å². The van der Waals surface area contributed by atoms with Gasteiger partial charge in [0.15, 0.2) is 0 Å². The second-order valence-electron chi connectivity index (χ2n) is 2.92. The molecule has 0 amide bonds. The third kappa shape index (κ3) is 3.76. The van der Waals surface area contributed by atoms with Crippen molar-refractivity contribution in [3.8, 4) is 5.75 Å². The minimum absolute atomic E-state index is 0.315. The number of allylic oxidation sites excluding steroid dienone is 1. The average molecular weight is 177 g/mol. The highest BCUT2D eigenvalue weighted by Crippen LogP contribution is 2.10. The zero-order valence-corrected chi connectivity index (χ0v) is 7.61. The third-order valence-corrected chi connectivity index (χ3v) is 1.79. The second-order valence-corrected chi connectivity index (χ2v) is 2.92. The van der Waals surface area contributed by atoms with Crippen molar-refractivity contribution < 1.29 is 5.11 Å². The fourth-order valence-electron chi connectivity index (χ4n) is 1.07. The van der Waals surface area contributed by atoms with Crippen molar-refractivity contribution in [3.05, 3.63) is 42.0 Å². The lowest BCUT2D eigenvalue weighted by Crippen LogP contribution is -1.95. The fraction of sp³-hybridized carbons (Fsp3) is 0.273. The van der Waals surface area contributed by atoms with Crippen molar-refractivity contribution in [2.45, 2.75) is 12.8 Å². The van der Waals surface area contributed by atoms with Crippen LogP contribution in [0.4, 0.5) is 0 Å². The van der Waals surface area contributed by atoms with Gasteiger partial charge in [0, 0.05) is 0 Å². The summed E-state index contributed by atoms with van der Waals surface area (Å²) in [5.74, 6) is 0.315. The number of hydrogen-bond donors (Lipinski definition) is 2. The molecular formula is C11H15NO. The molecule has 2 nitrogen and oxygen atoms in total. The van der Waals surface area contributed by atoms with Crippen LogP contribution in [0.15, 0.2) is 36.4 Å². The molecule has 1 aromatic carbocycles. The van der Waals surface area contributed by atoms with E-state index in [4.69, 9.17) is 10.8 Å². The van der Waals surface area contributed by atoms with Crippen LogP contribution < -0.4 is 5.73 Å². The van der Waals surface area contributed by atoms with Crippen molar-refractivity contribution >= 4 is 0 Å². The molecule has 0 aromatic heterocycles. The van der Waals surface area contributed by atoms with Crippen LogP contribution in [0.2, 0.25) is 0 Å². The second kappa shape index (κ2) is 5.38. The molecule has 13 heavy (non-hydrogen) atoms. The van der Waals surface area contributed by atoms with Crippen LogP contribution in [0.5, 0.6) is 5.75 Å². The molecule has 0 aliphatic heterocycles. The smallest absolute Gasteiger partial charge is 0.115 e. The van der Waals surface area contributed by atoms with E-state index in [9.17, 15) is 0 Å². The predicted molar refractivity (Wildman–Crippen MR) is 54.6 cm³/mol. The van der Waals surface area contributed by atoms with Crippen molar-refractivity contribution in [2.75, 3.05) is 6.54 Å². The van der Waals surface area contributed by atoms with Gasteiger partial charge < -0.3 is 10.8 Å². The van der Waals surface area contributed by atoms with Crippen LogP contribution in [-0.2, 0) is 6.42 Å². The molecule has 0 saturated carbocycles. The van der Waals surface area contributed by atoms with E-state index in [-0.39, 0.29) is 0 Å². The number of aromatic hydroxyl groups is 1. The Labute approximate surface area is 78.7 Å². The Morgan fingerprint density at radius 2 is 1.85 bits per heavy atom. The highest BCUT2D eigenvalue weighted by atomic mass is 16.3. The minimum Gasteiger partial charge on any atom is -0.508 e. The number of phenols is 1. The van der Waals surface area contributed by atoms with Crippen molar-refractivity contribution in [3.63, 3.8) is 0 Å². The maximum Gasteiger partial charge on any atom is 0.115 e. The third-order valence-electron chi connectivity index (χ3n) is 1.79. The standard InChI is InChI=1S/C11H15NO/c12-9-3-1-2-4-10-5-7-11(13)8-6-10/h1-2,5-8,13H,3-4,9,12H2. The van der Waals surface area contributed by atoms with E-state index in [0.717, 1.165) is 12.8 Å². The summed E-state index contributed by atoms with van der Waals surface area (Å²) in [5.41, 5.74) is 6.54. The van der Waals surface area contributed by atoms with Gasteiger partial charge in [-0.1, -0.05) is 24.3 Å². The van der Waals surface area contributed by atoms with E-state index in [0.29, 0.717) is 12.3 Å². The lowest BCUT2D eigenvalue weighted by molar-refractivity contribution is 0.475. The molecule has 1 rings (SSSR count). The SMILES string of the molecule is NCCC=CCc1ccc(O)cc1. The molecule has 70 valence electrons. The summed E-state index contributed by atoms with van der Waals surface area (Å²) in [4.78, 5) is 0. The zero-order chi connectivity index (χ0) is 9.52. The Morgan fingerprint density at radius 1 is 1.15 bits per heavy atom. The van der Waals surface area contributed by atoms with Gasteiger partial charge in [-0.25, -0.2) is 0 Å². The van der Waals surface area contributed by atoms with Crippen LogP contribution in [-0.4, -0.2) is 11.7 Å². The minimum atomic E-state index is 0.315. The maximum atomic E-state index is 9.03. The van der Waals surface area contributed by atoms with Gasteiger partial charge >= 0.3 is 0 Å². The van der Waals surface area contributed by atoms with Crippen molar-refractivity contribution in [1.82, 2.24) is 0 Å². The zero-order valence-electron chi connectivity index (χ0n) is 7.61. The van der Waals surface area contributed by atoms with Gasteiger partial charge in [0.2, 0.25) is 0 Å². The molecule has 0 bridgehead atoms. The highest BCUT2D eigenvalue weighted by Gasteiger charge is 1.89. The lowest BCUT2D eigenvalue weighted by Gasteiger charge is -1.96. The average Bonchev–Trinajstić information content (AvgIpc) is 2.15. The lowest BCUT2D eigenvalue weighted by atomic mass is 10.1. The summed E-state index contributed by atoms with van der Waals surface area (Å²) in [6.07, 6.45) is 6.00. The number of hydrogen-bond acceptors (Lipinski definition) is 2. The quantitative estimate of drug-likeness (QED) is 0.689. The van der Waals surface area contributed by atoms with Crippen LogP contribution >= 0.6 is 0 Å². The molecule has 0 heterocycles. The van der Waals surface area contributed by atoms with E-state index in [2.05, 4.69) is 12.2 Å². The molecule has 3 N–H and O–H groups in total. The van der Waals surface area contributed by atoms with E-state index in [1.54, 1.807) is 12.1 Å².